The van der Waals surface area contributed by atoms with Gasteiger partial charge in [-0.2, -0.15) is 0 Å². The number of carbonyl (C=O) groups excluding carboxylic acids is 4. The summed E-state index contributed by atoms with van der Waals surface area (Å²) in [6, 6.07) is 18.2. The highest BCUT2D eigenvalue weighted by Gasteiger charge is 2.36. The number of benzene rings is 3. The lowest BCUT2D eigenvalue weighted by molar-refractivity contribution is -0.119. The number of hydrogen-bond acceptors (Lipinski definition) is 5. The zero-order valence-electron chi connectivity index (χ0n) is 17.5. The van der Waals surface area contributed by atoms with Crippen LogP contribution in [0.3, 0.4) is 0 Å². The fraction of sp³-hybridized carbons (Fsp3) is 0.120. The second kappa shape index (κ2) is 8.47. The van der Waals surface area contributed by atoms with E-state index in [1.165, 1.54) is 12.1 Å². The maximum Gasteiger partial charge on any atom is 0.338 e. The second-order valence-corrected chi connectivity index (χ2v) is 7.43. The van der Waals surface area contributed by atoms with E-state index in [1.54, 1.807) is 36.4 Å². The van der Waals surface area contributed by atoms with Gasteiger partial charge in [0.25, 0.3) is 17.7 Å². The lowest BCUT2D eigenvalue weighted by Crippen LogP contribution is -2.29. The van der Waals surface area contributed by atoms with Crippen molar-refractivity contribution in [3.63, 3.8) is 0 Å². The van der Waals surface area contributed by atoms with Gasteiger partial charge in [-0.3, -0.25) is 14.4 Å². The number of ether oxygens (including phenoxy) is 1. The Morgan fingerprint density at radius 1 is 0.844 bits per heavy atom. The molecule has 4 rings (SSSR count). The first-order valence-corrected chi connectivity index (χ1v) is 9.98. The Labute approximate surface area is 184 Å². The molecule has 1 N–H and O–H groups in total. The van der Waals surface area contributed by atoms with Gasteiger partial charge in [0, 0.05) is 5.69 Å². The standard InChI is InChI=1S/C25H20N2O5/c1-15-7-5-8-16(2)22(15)26-21(28)14-32-25(31)17-9-6-10-18(13-17)27-23(29)19-11-3-4-12-20(19)24(27)30/h3-13H,14H2,1-2H3,(H,26,28). The Kier molecular flexibility index (Phi) is 5.55. The summed E-state index contributed by atoms with van der Waals surface area (Å²) in [6.45, 7) is 3.28. The SMILES string of the molecule is Cc1cccc(C)c1NC(=O)COC(=O)c1cccc(N2C(=O)c3ccccc3C2=O)c1. The van der Waals surface area contributed by atoms with Crippen molar-refractivity contribution in [1.29, 1.82) is 0 Å². The Morgan fingerprint density at radius 3 is 2.06 bits per heavy atom. The Balaban J connectivity index is 1.45. The first-order valence-electron chi connectivity index (χ1n) is 9.98. The average Bonchev–Trinajstić information content (AvgIpc) is 3.05. The van der Waals surface area contributed by atoms with Crippen LogP contribution in [0.15, 0.2) is 66.7 Å². The van der Waals surface area contributed by atoms with Crippen molar-refractivity contribution < 1.29 is 23.9 Å². The van der Waals surface area contributed by atoms with Gasteiger partial charge in [0.1, 0.15) is 0 Å². The van der Waals surface area contributed by atoms with Gasteiger partial charge >= 0.3 is 5.97 Å². The summed E-state index contributed by atoms with van der Waals surface area (Å²) in [4.78, 5) is 51.1. The molecule has 3 aromatic rings. The molecule has 160 valence electrons. The van der Waals surface area contributed by atoms with Crippen LogP contribution in [0.5, 0.6) is 0 Å². The summed E-state index contributed by atoms with van der Waals surface area (Å²) in [6.07, 6.45) is 0. The minimum Gasteiger partial charge on any atom is -0.452 e. The smallest absolute Gasteiger partial charge is 0.338 e. The van der Waals surface area contributed by atoms with Crippen molar-refractivity contribution in [2.24, 2.45) is 0 Å². The molecule has 0 fully saturated rings. The predicted octanol–water partition coefficient (Wildman–Crippen LogP) is 3.90. The van der Waals surface area contributed by atoms with E-state index in [1.807, 2.05) is 32.0 Å². The number of aryl methyl sites for hydroxylation is 2. The van der Waals surface area contributed by atoms with E-state index in [9.17, 15) is 19.2 Å². The number of anilines is 2. The summed E-state index contributed by atoms with van der Waals surface area (Å²) in [5.41, 5.74) is 3.49. The van der Waals surface area contributed by atoms with Crippen molar-refractivity contribution in [3.05, 3.63) is 94.5 Å². The number of imide groups is 1. The van der Waals surface area contributed by atoms with Gasteiger partial charge in [0.15, 0.2) is 6.61 Å². The van der Waals surface area contributed by atoms with Crippen molar-refractivity contribution >= 4 is 35.1 Å². The van der Waals surface area contributed by atoms with Crippen LogP contribution in [0, 0.1) is 13.8 Å². The number of rotatable bonds is 5. The quantitative estimate of drug-likeness (QED) is 0.492. The molecule has 1 aliphatic rings. The predicted molar refractivity (Wildman–Crippen MR) is 119 cm³/mol. The molecule has 0 saturated carbocycles. The van der Waals surface area contributed by atoms with E-state index in [4.69, 9.17) is 4.74 Å². The molecular formula is C25H20N2O5. The van der Waals surface area contributed by atoms with Crippen LogP contribution in [0.25, 0.3) is 0 Å². The highest BCUT2D eigenvalue weighted by Crippen LogP contribution is 2.29. The summed E-state index contributed by atoms with van der Waals surface area (Å²) in [7, 11) is 0. The van der Waals surface area contributed by atoms with Gasteiger partial charge in [-0.25, -0.2) is 9.69 Å². The van der Waals surface area contributed by atoms with Gasteiger partial charge in [-0.1, -0.05) is 36.4 Å². The van der Waals surface area contributed by atoms with E-state index in [2.05, 4.69) is 5.32 Å². The summed E-state index contributed by atoms with van der Waals surface area (Å²) >= 11 is 0. The third kappa shape index (κ3) is 3.88. The normalized spacial score (nSPS) is 12.5. The lowest BCUT2D eigenvalue weighted by Gasteiger charge is -2.15. The molecule has 0 aliphatic carbocycles. The molecule has 7 nitrogen and oxygen atoms in total. The first kappa shape index (κ1) is 21.0. The van der Waals surface area contributed by atoms with Crippen molar-refractivity contribution in [3.8, 4) is 0 Å². The molecule has 0 spiro atoms. The van der Waals surface area contributed by atoms with E-state index >= 15 is 0 Å². The van der Waals surface area contributed by atoms with Crippen molar-refractivity contribution in [2.75, 3.05) is 16.8 Å². The summed E-state index contributed by atoms with van der Waals surface area (Å²) in [5.74, 6) is -2.11. The maximum absolute atomic E-state index is 12.7. The fourth-order valence-electron chi connectivity index (χ4n) is 3.60. The highest BCUT2D eigenvalue weighted by molar-refractivity contribution is 6.34. The van der Waals surface area contributed by atoms with Crippen LogP contribution >= 0.6 is 0 Å². The number of hydrogen-bond donors (Lipinski definition) is 1. The number of fused-ring (bicyclic) bond motifs is 1. The van der Waals surface area contributed by atoms with Crippen LogP contribution in [0.1, 0.15) is 42.2 Å². The zero-order valence-corrected chi connectivity index (χ0v) is 17.5. The van der Waals surface area contributed by atoms with Gasteiger partial charge in [0.2, 0.25) is 0 Å². The molecule has 0 atom stereocenters. The molecule has 32 heavy (non-hydrogen) atoms. The molecule has 0 bridgehead atoms. The van der Waals surface area contributed by atoms with E-state index in [-0.39, 0.29) is 11.3 Å². The second-order valence-electron chi connectivity index (χ2n) is 7.43. The molecule has 0 radical (unpaired) electrons. The molecule has 1 aliphatic heterocycles. The third-order valence-corrected chi connectivity index (χ3v) is 5.21. The van der Waals surface area contributed by atoms with Gasteiger partial charge in [-0.05, 0) is 55.3 Å². The minimum atomic E-state index is -0.736. The number of carbonyl (C=O) groups is 4. The molecule has 0 saturated heterocycles. The largest absolute Gasteiger partial charge is 0.452 e. The monoisotopic (exact) mass is 428 g/mol. The van der Waals surface area contributed by atoms with Crippen LogP contribution in [-0.4, -0.2) is 30.3 Å². The fourth-order valence-corrected chi connectivity index (χ4v) is 3.60. The van der Waals surface area contributed by atoms with Crippen LogP contribution in [0.4, 0.5) is 11.4 Å². The van der Waals surface area contributed by atoms with Crippen LogP contribution in [0.2, 0.25) is 0 Å². The topological polar surface area (TPSA) is 92.8 Å². The third-order valence-electron chi connectivity index (χ3n) is 5.21. The summed E-state index contributed by atoms with van der Waals surface area (Å²) in [5, 5.41) is 2.75. The number of para-hydroxylation sites is 1. The van der Waals surface area contributed by atoms with Crippen LogP contribution in [-0.2, 0) is 9.53 Å². The minimum absolute atomic E-state index is 0.124. The number of esters is 1. The molecule has 3 amide bonds. The summed E-state index contributed by atoms with van der Waals surface area (Å²) < 4.78 is 5.14. The molecular weight excluding hydrogens is 408 g/mol. The van der Waals surface area contributed by atoms with Crippen molar-refractivity contribution in [2.45, 2.75) is 13.8 Å². The lowest BCUT2D eigenvalue weighted by atomic mass is 10.1. The molecule has 0 aromatic heterocycles. The highest BCUT2D eigenvalue weighted by atomic mass is 16.5. The zero-order chi connectivity index (χ0) is 22.8. The number of nitrogens with zero attached hydrogens (tertiary/aromatic N) is 1. The van der Waals surface area contributed by atoms with Gasteiger partial charge < -0.3 is 10.1 Å². The van der Waals surface area contributed by atoms with Crippen LogP contribution < -0.4 is 10.2 Å². The van der Waals surface area contributed by atoms with E-state index in [0.29, 0.717) is 16.8 Å². The van der Waals surface area contributed by atoms with E-state index in [0.717, 1.165) is 16.0 Å². The average molecular weight is 428 g/mol. The van der Waals surface area contributed by atoms with Crippen molar-refractivity contribution in [1.82, 2.24) is 0 Å². The number of amides is 3. The first-order chi connectivity index (χ1) is 15.4. The Bertz CT molecular complexity index is 1210. The Hall–Kier alpha value is -4.26. The molecule has 3 aromatic carbocycles. The molecule has 0 unspecified atom stereocenters. The van der Waals surface area contributed by atoms with Gasteiger partial charge in [-0.15, -0.1) is 0 Å². The maximum atomic E-state index is 12.7. The van der Waals surface area contributed by atoms with E-state index < -0.39 is 30.3 Å². The molecule has 7 heteroatoms. The number of nitrogens with one attached hydrogen (secondary N) is 1. The van der Waals surface area contributed by atoms with Gasteiger partial charge in [0.05, 0.1) is 22.4 Å². The molecule has 1 heterocycles. The Morgan fingerprint density at radius 2 is 1.44 bits per heavy atom.